The van der Waals surface area contributed by atoms with E-state index >= 15 is 0 Å². The van der Waals surface area contributed by atoms with Crippen molar-refractivity contribution in [2.45, 2.75) is 26.3 Å². The highest BCUT2D eigenvalue weighted by Gasteiger charge is 2.25. The minimum absolute atomic E-state index is 0.0245. The van der Waals surface area contributed by atoms with Gasteiger partial charge in [-0.25, -0.2) is 19.9 Å². The van der Waals surface area contributed by atoms with E-state index in [-0.39, 0.29) is 5.91 Å². The highest BCUT2D eigenvalue weighted by Crippen LogP contribution is 2.39. The number of carbonyl (C=O) groups excluding carboxylic acids is 1. The molecule has 0 atom stereocenters. The van der Waals surface area contributed by atoms with Gasteiger partial charge >= 0.3 is 0 Å². The van der Waals surface area contributed by atoms with Crippen LogP contribution in [0.1, 0.15) is 23.8 Å². The number of benzene rings is 1. The van der Waals surface area contributed by atoms with Crippen LogP contribution in [-0.4, -0.2) is 46.5 Å². The zero-order chi connectivity index (χ0) is 23.7. The minimum atomic E-state index is -0.0245. The van der Waals surface area contributed by atoms with Gasteiger partial charge < -0.3 is 20.4 Å². The Kier molecular flexibility index (Phi) is 5.97. The predicted molar refractivity (Wildman–Crippen MR) is 137 cm³/mol. The molecule has 5 rings (SSSR count). The molecule has 1 amide bonds. The molecular formula is C24H26N8OS. The predicted octanol–water partition coefficient (Wildman–Crippen LogP) is 4.20. The lowest BCUT2D eigenvalue weighted by Gasteiger charge is -2.26. The van der Waals surface area contributed by atoms with Gasteiger partial charge in [-0.3, -0.25) is 4.79 Å². The van der Waals surface area contributed by atoms with Gasteiger partial charge in [-0.2, -0.15) is 0 Å². The normalized spacial score (nSPS) is 13.0. The Labute approximate surface area is 201 Å². The van der Waals surface area contributed by atoms with Gasteiger partial charge in [0.05, 0.1) is 23.3 Å². The number of hydrogen-bond acceptors (Lipinski definition) is 9. The quantitative estimate of drug-likeness (QED) is 0.429. The molecule has 10 heteroatoms. The average Bonchev–Trinajstić information content (AvgIpc) is 3.23. The van der Waals surface area contributed by atoms with Crippen LogP contribution < -0.4 is 20.4 Å². The number of fused-ring (bicyclic) bond motifs is 3. The Morgan fingerprint density at radius 3 is 2.76 bits per heavy atom. The summed E-state index contributed by atoms with van der Waals surface area (Å²) >= 11 is 1.69. The first-order valence-corrected chi connectivity index (χ1v) is 12.0. The Balaban J connectivity index is 1.47. The second kappa shape index (κ2) is 9.22. The van der Waals surface area contributed by atoms with Crippen LogP contribution in [0.5, 0.6) is 0 Å². The molecule has 3 aromatic heterocycles. The average molecular weight is 475 g/mol. The van der Waals surface area contributed by atoms with Gasteiger partial charge in [-0.15, -0.1) is 11.3 Å². The van der Waals surface area contributed by atoms with E-state index in [1.54, 1.807) is 30.1 Å². The zero-order valence-corrected chi connectivity index (χ0v) is 20.2. The van der Waals surface area contributed by atoms with E-state index in [1.807, 2.05) is 50.2 Å². The van der Waals surface area contributed by atoms with Crippen molar-refractivity contribution in [3.05, 3.63) is 53.4 Å². The van der Waals surface area contributed by atoms with E-state index in [0.717, 1.165) is 58.6 Å². The van der Waals surface area contributed by atoms with Crippen LogP contribution in [0.2, 0.25) is 0 Å². The van der Waals surface area contributed by atoms with Gasteiger partial charge in [0.2, 0.25) is 11.9 Å². The van der Waals surface area contributed by atoms with Gasteiger partial charge in [-0.05, 0) is 36.2 Å². The Morgan fingerprint density at radius 1 is 1.18 bits per heavy atom. The molecule has 4 aromatic rings. The molecule has 1 aliphatic heterocycles. The van der Waals surface area contributed by atoms with E-state index in [2.05, 4.69) is 35.5 Å². The minimum Gasteiger partial charge on any atom is -0.376 e. The van der Waals surface area contributed by atoms with E-state index < -0.39 is 0 Å². The van der Waals surface area contributed by atoms with Crippen molar-refractivity contribution in [1.82, 2.24) is 19.9 Å². The standard InChI is InChI=1S/C24H26N8OS/c1-4-20(33)30-17-12-15(6-7-18(17)31(2)3)29-22-21-16-8-11-32(24-25-9-5-10-26-24)13-19(16)34-23(21)28-14-27-22/h5-7,9-10,12,14H,4,8,11,13H2,1-3H3,(H,30,33)(H,27,28,29). The van der Waals surface area contributed by atoms with E-state index in [0.29, 0.717) is 6.42 Å². The van der Waals surface area contributed by atoms with Crippen LogP contribution in [-0.2, 0) is 17.8 Å². The molecule has 4 heterocycles. The summed E-state index contributed by atoms with van der Waals surface area (Å²) in [6.45, 7) is 3.43. The van der Waals surface area contributed by atoms with Crippen LogP contribution >= 0.6 is 11.3 Å². The number of carbonyl (C=O) groups is 1. The second-order valence-electron chi connectivity index (χ2n) is 8.28. The number of aromatic nitrogens is 4. The summed E-state index contributed by atoms with van der Waals surface area (Å²) in [6.07, 6.45) is 6.43. The lowest BCUT2D eigenvalue weighted by molar-refractivity contribution is -0.115. The Hall–Kier alpha value is -3.79. The number of hydrogen-bond donors (Lipinski definition) is 2. The Morgan fingerprint density at radius 2 is 2.00 bits per heavy atom. The third-order valence-corrected chi connectivity index (χ3v) is 6.93. The van der Waals surface area contributed by atoms with Crippen molar-refractivity contribution >= 4 is 56.3 Å². The third kappa shape index (κ3) is 4.24. The van der Waals surface area contributed by atoms with Crippen LogP contribution in [0, 0.1) is 0 Å². The molecule has 1 aliphatic rings. The molecule has 0 radical (unpaired) electrons. The van der Waals surface area contributed by atoms with Crippen LogP contribution in [0.3, 0.4) is 0 Å². The molecule has 34 heavy (non-hydrogen) atoms. The summed E-state index contributed by atoms with van der Waals surface area (Å²) in [5, 5.41) is 7.53. The highest BCUT2D eigenvalue weighted by atomic mass is 32.1. The topological polar surface area (TPSA) is 99.2 Å². The summed E-state index contributed by atoms with van der Waals surface area (Å²) in [5.74, 6) is 1.50. The molecular weight excluding hydrogens is 448 g/mol. The largest absolute Gasteiger partial charge is 0.376 e. The molecule has 0 saturated heterocycles. The highest BCUT2D eigenvalue weighted by molar-refractivity contribution is 7.19. The molecule has 9 nitrogen and oxygen atoms in total. The number of nitrogens with zero attached hydrogens (tertiary/aromatic N) is 6. The molecule has 0 bridgehead atoms. The van der Waals surface area contributed by atoms with Crippen LogP contribution in [0.4, 0.5) is 28.8 Å². The SMILES string of the molecule is CCC(=O)Nc1cc(Nc2ncnc3sc4c(c23)CCN(c2ncccn2)C4)ccc1N(C)C. The maximum absolute atomic E-state index is 12.1. The maximum Gasteiger partial charge on any atom is 0.225 e. The van der Waals surface area contributed by atoms with Crippen molar-refractivity contribution in [3.8, 4) is 0 Å². The van der Waals surface area contributed by atoms with Crippen LogP contribution in [0.15, 0.2) is 43.0 Å². The first kappa shape index (κ1) is 22.0. The third-order valence-electron chi connectivity index (χ3n) is 5.81. The summed E-state index contributed by atoms with van der Waals surface area (Å²) in [6, 6.07) is 7.77. The summed E-state index contributed by atoms with van der Waals surface area (Å²) < 4.78 is 0. The number of nitrogens with one attached hydrogen (secondary N) is 2. The smallest absolute Gasteiger partial charge is 0.225 e. The van der Waals surface area contributed by atoms with Crippen molar-refractivity contribution in [2.75, 3.05) is 41.1 Å². The molecule has 0 fully saturated rings. The monoisotopic (exact) mass is 474 g/mol. The molecule has 174 valence electrons. The molecule has 1 aromatic carbocycles. The first-order valence-electron chi connectivity index (χ1n) is 11.2. The molecule has 0 unspecified atom stereocenters. The molecule has 0 saturated carbocycles. The number of amides is 1. The van der Waals surface area contributed by atoms with Crippen molar-refractivity contribution in [3.63, 3.8) is 0 Å². The zero-order valence-electron chi connectivity index (χ0n) is 19.4. The van der Waals surface area contributed by atoms with Gasteiger partial charge in [0, 0.05) is 50.0 Å². The lowest BCUT2D eigenvalue weighted by atomic mass is 10.1. The first-order chi connectivity index (χ1) is 16.5. The summed E-state index contributed by atoms with van der Waals surface area (Å²) in [5.41, 5.74) is 3.83. The fourth-order valence-corrected chi connectivity index (χ4v) is 5.33. The fraction of sp³-hybridized carbons (Fsp3) is 0.292. The van der Waals surface area contributed by atoms with E-state index in [4.69, 9.17) is 0 Å². The van der Waals surface area contributed by atoms with Gasteiger partial charge in [0.15, 0.2) is 0 Å². The van der Waals surface area contributed by atoms with Gasteiger partial charge in [-0.1, -0.05) is 6.92 Å². The fourth-order valence-electron chi connectivity index (χ4n) is 4.13. The second-order valence-corrected chi connectivity index (χ2v) is 9.36. The number of anilines is 5. The van der Waals surface area contributed by atoms with Gasteiger partial charge in [0.1, 0.15) is 17.0 Å². The maximum atomic E-state index is 12.1. The molecule has 2 N–H and O–H groups in total. The van der Waals surface area contributed by atoms with Crippen molar-refractivity contribution in [1.29, 1.82) is 0 Å². The number of thiophene rings is 1. The summed E-state index contributed by atoms with van der Waals surface area (Å²) in [4.78, 5) is 36.4. The Bertz CT molecular complexity index is 1340. The van der Waals surface area contributed by atoms with Crippen molar-refractivity contribution < 1.29 is 4.79 Å². The van der Waals surface area contributed by atoms with E-state index in [9.17, 15) is 4.79 Å². The molecule has 0 spiro atoms. The number of rotatable bonds is 6. The van der Waals surface area contributed by atoms with Gasteiger partial charge in [0.25, 0.3) is 0 Å². The summed E-state index contributed by atoms with van der Waals surface area (Å²) in [7, 11) is 3.92. The van der Waals surface area contributed by atoms with E-state index in [1.165, 1.54) is 10.4 Å². The van der Waals surface area contributed by atoms with Crippen molar-refractivity contribution in [2.24, 2.45) is 0 Å². The molecule has 0 aliphatic carbocycles. The lowest BCUT2D eigenvalue weighted by Crippen LogP contribution is -2.30. The van der Waals surface area contributed by atoms with Crippen LogP contribution in [0.25, 0.3) is 10.2 Å².